The SMILES string of the molecule is CC(C)(O)c1cnc(SNC(=O)Cc2cc(C(F)(F)F)ccc2Cl)s1. The van der Waals surface area contributed by atoms with Gasteiger partial charge in [0.2, 0.25) is 5.91 Å². The van der Waals surface area contributed by atoms with Crippen LogP contribution in [0.3, 0.4) is 0 Å². The van der Waals surface area contributed by atoms with Crippen LogP contribution in [0.5, 0.6) is 0 Å². The zero-order chi connectivity index (χ0) is 18.8. The Morgan fingerprint density at radius 1 is 1.40 bits per heavy atom. The van der Waals surface area contributed by atoms with E-state index in [2.05, 4.69) is 9.71 Å². The first-order valence-corrected chi connectivity index (χ1v) is 8.98. The van der Waals surface area contributed by atoms with Crippen molar-refractivity contribution >= 4 is 40.8 Å². The maximum Gasteiger partial charge on any atom is 0.416 e. The van der Waals surface area contributed by atoms with Crippen LogP contribution in [-0.4, -0.2) is 16.0 Å². The van der Waals surface area contributed by atoms with Crippen molar-refractivity contribution in [3.8, 4) is 0 Å². The van der Waals surface area contributed by atoms with E-state index in [1.54, 1.807) is 13.8 Å². The Bertz CT molecular complexity index is 773. The number of hydrogen-bond acceptors (Lipinski definition) is 5. The van der Waals surface area contributed by atoms with Crippen LogP contribution in [0.4, 0.5) is 13.2 Å². The minimum Gasteiger partial charge on any atom is -0.385 e. The van der Waals surface area contributed by atoms with Crippen molar-refractivity contribution < 1.29 is 23.1 Å². The molecule has 2 N–H and O–H groups in total. The Balaban J connectivity index is 2.00. The van der Waals surface area contributed by atoms with Crippen molar-refractivity contribution in [1.82, 2.24) is 9.71 Å². The quantitative estimate of drug-likeness (QED) is 0.717. The summed E-state index contributed by atoms with van der Waals surface area (Å²) >= 11 is 8.01. The molecule has 0 fully saturated rings. The van der Waals surface area contributed by atoms with Crippen molar-refractivity contribution in [1.29, 1.82) is 0 Å². The number of aromatic nitrogens is 1. The van der Waals surface area contributed by atoms with Crippen LogP contribution in [0.15, 0.2) is 28.7 Å². The Labute approximate surface area is 155 Å². The molecule has 0 saturated carbocycles. The van der Waals surface area contributed by atoms with E-state index in [-0.39, 0.29) is 17.0 Å². The van der Waals surface area contributed by atoms with Crippen LogP contribution in [0, 0.1) is 0 Å². The van der Waals surface area contributed by atoms with E-state index in [1.165, 1.54) is 17.5 Å². The normalized spacial score (nSPS) is 12.3. The van der Waals surface area contributed by atoms with E-state index in [1.807, 2.05) is 0 Å². The van der Waals surface area contributed by atoms with E-state index in [9.17, 15) is 23.1 Å². The molecule has 1 amide bonds. The topological polar surface area (TPSA) is 62.2 Å². The molecule has 0 spiro atoms. The molecule has 1 aromatic carbocycles. The number of benzene rings is 1. The zero-order valence-electron chi connectivity index (χ0n) is 13.1. The van der Waals surface area contributed by atoms with Gasteiger partial charge in [-0.25, -0.2) is 4.98 Å². The number of carbonyl (C=O) groups excluding carboxylic acids is 1. The molecule has 2 aromatic rings. The second-order valence-corrected chi connectivity index (χ2v) is 8.15. The van der Waals surface area contributed by atoms with E-state index in [0.717, 1.165) is 30.1 Å². The molecule has 0 unspecified atom stereocenters. The van der Waals surface area contributed by atoms with Gasteiger partial charge in [0.25, 0.3) is 0 Å². The van der Waals surface area contributed by atoms with E-state index in [4.69, 9.17) is 11.6 Å². The Morgan fingerprint density at radius 3 is 2.64 bits per heavy atom. The number of alkyl halides is 3. The summed E-state index contributed by atoms with van der Waals surface area (Å²) in [5.74, 6) is -0.508. The molecule has 4 nitrogen and oxygen atoms in total. The first-order valence-electron chi connectivity index (χ1n) is 6.97. The van der Waals surface area contributed by atoms with Crippen molar-refractivity contribution in [3.63, 3.8) is 0 Å². The van der Waals surface area contributed by atoms with Crippen molar-refractivity contribution in [3.05, 3.63) is 45.4 Å². The third-order valence-corrected chi connectivity index (χ3v) is 5.65. The van der Waals surface area contributed by atoms with Crippen LogP contribution in [0.2, 0.25) is 5.02 Å². The molecule has 25 heavy (non-hydrogen) atoms. The summed E-state index contributed by atoms with van der Waals surface area (Å²) in [6.07, 6.45) is -3.29. The average Bonchev–Trinajstić information content (AvgIpc) is 2.95. The summed E-state index contributed by atoms with van der Waals surface area (Å²) < 4.78 is 41.2. The molecule has 0 aliphatic rings. The molecular weight excluding hydrogens is 397 g/mol. The van der Waals surface area contributed by atoms with Gasteiger partial charge in [-0.3, -0.25) is 9.52 Å². The van der Waals surface area contributed by atoms with E-state index in [0.29, 0.717) is 9.22 Å². The third kappa shape index (κ3) is 5.60. The lowest BCUT2D eigenvalue weighted by atomic mass is 10.1. The van der Waals surface area contributed by atoms with Crippen LogP contribution in [-0.2, 0) is 23.0 Å². The monoisotopic (exact) mass is 410 g/mol. The van der Waals surface area contributed by atoms with Crippen LogP contribution >= 0.6 is 34.9 Å². The number of halogens is 4. The van der Waals surface area contributed by atoms with Gasteiger partial charge in [-0.1, -0.05) is 11.6 Å². The number of hydrogen-bond donors (Lipinski definition) is 2. The summed E-state index contributed by atoms with van der Waals surface area (Å²) in [7, 11) is 0. The predicted octanol–water partition coefficient (Wildman–Crippen LogP) is 4.41. The second kappa shape index (κ2) is 7.53. The molecule has 136 valence electrons. The second-order valence-electron chi connectivity index (χ2n) is 5.66. The highest BCUT2D eigenvalue weighted by Crippen LogP contribution is 2.32. The molecule has 0 atom stereocenters. The summed E-state index contributed by atoms with van der Waals surface area (Å²) in [5.41, 5.74) is -1.81. The molecule has 10 heteroatoms. The van der Waals surface area contributed by atoms with Crippen LogP contribution < -0.4 is 4.72 Å². The maximum atomic E-state index is 12.7. The third-order valence-electron chi connectivity index (χ3n) is 3.06. The number of aliphatic hydroxyl groups is 1. The van der Waals surface area contributed by atoms with Gasteiger partial charge in [-0.05, 0) is 37.6 Å². The molecule has 0 radical (unpaired) electrons. The van der Waals surface area contributed by atoms with Crippen molar-refractivity contribution in [2.24, 2.45) is 0 Å². The Morgan fingerprint density at radius 2 is 2.08 bits per heavy atom. The molecule has 0 aliphatic carbocycles. The molecule has 1 aromatic heterocycles. The Hall–Kier alpha value is -1.29. The smallest absolute Gasteiger partial charge is 0.385 e. The number of nitrogens with one attached hydrogen (secondary N) is 1. The summed E-state index contributed by atoms with van der Waals surface area (Å²) in [6, 6.07) is 2.85. The van der Waals surface area contributed by atoms with Gasteiger partial charge in [0.05, 0.1) is 22.5 Å². The number of amides is 1. The fourth-order valence-corrected chi connectivity index (χ4v) is 3.56. The summed E-state index contributed by atoms with van der Waals surface area (Å²) in [6.45, 7) is 3.23. The molecule has 0 bridgehead atoms. The molecule has 2 rings (SSSR count). The molecule has 0 saturated heterocycles. The standard InChI is InChI=1S/C15H14ClF3N2O2S2/c1-14(2,23)11-7-20-13(24-11)25-21-12(22)6-8-5-9(15(17,18)19)3-4-10(8)16/h3-5,7,23H,6H2,1-2H3,(H,21,22). The number of thiazole rings is 1. The molecule has 1 heterocycles. The molecule has 0 aliphatic heterocycles. The van der Waals surface area contributed by atoms with E-state index >= 15 is 0 Å². The summed E-state index contributed by atoms with van der Waals surface area (Å²) in [4.78, 5) is 16.6. The fraction of sp³-hybridized carbons (Fsp3) is 0.333. The number of nitrogens with zero attached hydrogens (tertiary/aromatic N) is 1. The highest BCUT2D eigenvalue weighted by atomic mass is 35.5. The summed E-state index contributed by atoms with van der Waals surface area (Å²) in [5, 5.41) is 9.95. The minimum absolute atomic E-state index is 0.0888. The lowest BCUT2D eigenvalue weighted by Gasteiger charge is -2.13. The largest absolute Gasteiger partial charge is 0.416 e. The lowest BCUT2D eigenvalue weighted by Crippen LogP contribution is -2.18. The van der Waals surface area contributed by atoms with Gasteiger partial charge in [0, 0.05) is 23.2 Å². The molecular formula is C15H14ClF3N2O2S2. The van der Waals surface area contributed by atoms with E-state index < -0.39 is 23.2 Å². The fourth-order valence-electron chi connectivity index (χ4n) is 1.78. The van der Waals surface area contributed by atoms with Gasteiger partial charge in [-0.2, -0.15) is 13.2 Å². The highest BCUT2D eigenvalue weighted by Gasteiger charge is 2.31. The zero-order valence-corrected chi connectivity index (χ0v) is 15.5. The van der Waals surface area contributed by atoms with Gasteiger partial charge in [0.15, 0.2) is 4.34 Å². The van der Waals surface area contributed by atoms with Gasteiger partial charge < -0.3 is 5.11 Å². The first-order chi connectivity index (χ1) is 11.5. The maximum absolute atomic E-state index is 12.7. The minimum atomic E-state index is -4.50. The van der Waals surface area contributed by atoms with Crippen LogP contribution in [0.25, 0.3) is 0 Å². The van der Waals surface area contributed by atoms with Crippen molar-refractivity contribution in [2.75, 3.05) is 0 Å². The average molecular weight is 411 g/mol. The van der Waals surface area contributed by atoms with Gasteiger partial charge in [0.1, 0.15) is 0 Å². The number of carbonyl (C=O) groups is 1. The predicted molar refractivity (Wildman–Crippen MR) is 91.5 cm³/mol. The lowest BCUT2D eigenvalue weighted by molar-refractivity contribution is -0.137. The highest BCUT2D eigenvalue weighted by molar-refractivity contribution is 7.99. The first kappa shape index (κ1) is 20.0. The van der Waals surface area contributed by atoms with Crippen LogP contribution in [0.1, 0.15) is 29.9 Å². The van der Waals surface area contributed by atoms with Crippen molar-refractivity contribution in [2.45, 2.75) is 36.4 Å². The van der Waals surface area contributed by atoms with Gasteiger partial charge in [-0.15, -0.1) is 11.3 Å². The Kier molecular flexibility index (Phi) is 6.03. The number of rotatable bonds is 5. The van der Waals surface area contributed by atoms with Gasteiger partial charge >= 0.3 is 6.18 Å².